The van der Waals surface area contributed by atoms with Crippen LogP contribution in [0.2, 0.25) is 0 Å². The van der Waals surface area contributed by atoms with Crippen LogP contribution in [-0.2, 0) is 12.1 Å². The van der Waals surface area contributed by atoms with Crippen molar-refractivity contribution in [1.82, 2.24) is 14.8 Å². The molecule has 0 aliphatic carbocycles. The lowest BCUT2D eigenvalue weighted by Gasteiger charge is -2.33. The fourth-order valence-electron chi connectivity index (χ4n) is 2.03. The van der Waals surface area contributed by atoms with Crippen LogP contribution in [0.3, 0.4) is 0 Å². The van der Waals surface area contributed by atoms with Gasteiger partial charge >= 0.3 is 0 Å². The summed E-state index contributed by atoms with van der Waals surface area (Å²) in [6.45, 7) is 1.82. The fraction of sp³-hybridized carbons (Fsp3) is 0.385. The second kappa shape index (κ2) is 5.88. The van der Waals surface area contributed by atoms with E-state index in [2.05, 4.69) is 10.1 Å². The molecule has 0 radical (unpaired) electrons. The van der Waals surface area contributed by atoms with E-state index in [0.717, 1.165) is 12.1 Å². The molecule has 108 valence electrons. The van der Waals surface area contributed by atoms with Gasteiger partial charge in [0, 0.05) is 16.9 Å². The Labute approximate surface area is 119 Å². The predicted octanol–water partition coefficient (Wildman–Crippen LogP) is 2.20. The largest absolute Gasteiger partial charge is 0.382 e. The van der Waals surface area contributed by atoms with Crippen molar-refractivity contribution in [1.29, 1.82) is 0 Å². The number of rotatable bonds is 5. The summed E-state index contributed by atoms with van der Waals surface area (Å²) in [4.78, 5) is 3.80. The SMILES string of the molecule is CSC(C)C(O)(Cn1cncn1)c1ccc(F)cc1F. The molecule has 0 aliphatic heterocycles. The Kier molecular flexibility index (Phi) is 4.39. The number of aliphatic hydroxyl groups is 1. The molecule has 20 heavy (non-hydrogen) atoms. The Morgan fingerprint density at radius 1 is 1.45 bits per heavy atom. The van der Waals surface area contributed by atoms with Crippen LogP contribution in [0, 0.1) is 11.6 Å². The van der Waals surface area contributed by atoms with Crippen molar-refractivity contribution in [2.45, 2.75) is 24.3 Å². The van der Waals surface area contributed by atoms with E-state index in [1.54, 1.807) is 6.92 Å². The third kappa shape index (κ3) is 2.83. The molecule has 0 amide bonds. The number of hydrogen-bond acceptors (Lipinski definition) is 4. The summed E-state index contributed by atoms with van der Waals surface area (Å²) in [5, 5.41) is 14.5. The first-order chi connectivity index (χ1) is 9.47. The van der Waals surface area contributed by atoms with Gasteiger partial charge in [-0.1, -0.05) is 13.0 Å². The van der Waals surface area contributed by atoms with Crippen LogP contribution < -0.4 is 0 Å². The number of nitrogens with zero attached hydrogens (tertiary/aromatic N) is 3. The molecule has 2 atom stereocenters. The van der Waals surface area contributed by atoms with Crippen molar-refractivity contribution in [2.75, 3.05) is 6.26 Å². The minimum absolute atomic E-state index is 0.0392. The van der Waals surface area contributed by atoms with E-state index in [1.807, 2.05) is 6.26 Å². The number of halogens is 2. The van der Waals surface area contributed by atoms with Gasteiger partial charge < -0.3 is 5.11 Å². The Morgan fingerprint density at radius 2 is 2.20 bits per heavy atom. The second-order valence-corrected chi connectivity index (χ2v) is 5.70. The van der Waals surface area contributed by atoms with Crippen molar-refractivity contribution in [3.05, 3.63) is 48.1 Å². The Morgan fingerprint density at radius 3 is 2.75 bits per heavy atom. The van der Waals surface area contributed by atoms with Gasteiger partial charge in [-0.3, -0.25) is 0 Å². The fourth-order valence-corrected chi connectivity index (χ4v) is 2.62. The topological polar surface area (TPSA) is 50.9 Å². The van der Waals surface area contributed by atoms with E-state index < -0.39 is 17.2 Å². The van der Waals surface area contributed by atoms with Gasteiger partial charge in [-0.15, -0.1) is 0 Å². The van der Waals surface area contributed by atoms with Gasteiger partial charge in [0.1, 0.15) is 29.9 Å². The van der Waals surface area contributed by atoms with Crippen molar-refractivity contribution < 1.29 is 13.9 Å². The van der Waals surface area contributed by atoms with Crippen LogP contribution in [0.15, 0.2) is 30.9 Å². The smallest absolute Gasteiger partial charge is 0.137 e. The zero-order valence-corrected chi connectivity index (χ0v) is 11.9. The van der Waals surface area contributed by atoms with E-state index in [1.165, 1.54) is 35.2 Å². The maximum absolute atomic E-state index is 14.0. The second-order valence-electron chi connectivity index (χ2n) is 4.52. The molecule has 2 rings (SSSR count). The molecule has 4 nitrogen and oxygen atoms in total. The lowest BCUT2D eigenvalue weighted by atomic mass is 9.90. The minimum Gasteiger partial charge on any atom is -0.382 e. The predicted molar refractivity (Wildman–Crippen MR) is 73.3 cm³/mol. The summed E-state index contributed by atoms with van der Waals surface area (Å²) in [7, 11) is 0. The van der Waals surface area contributed by atoms with Gasteiger partial charge in [0.2, 0.25) is 0 Å². The maximum atomic E-state index is 14.0. The molecule has 0 spiro atoms. The normalized spacial score (nSPS) is 15.8. The number of thioether (sulfide) groups is 1. The first-order valence-electron chi connectivity index (χ1n) is 6.00. The molecule has 0 aliphatic rings. The Hall–Kier alpha value is -1.47. The Bertz CT molecular complexity index is 579. The molecule has 1 aromatic heterocycles. The average molecular weight is 299 g/mol. The first kappa shape index (κ1) is 14.9. The molecule has 1 aromatic carbocycles. The van der Waals surface area contributed by atoms with Gasteiger partial charge in [-0.25, -0.2) is 18.4 Å². The monoisotopic (exact) mass is 299 g/mol. The molecule has 2 aromatic rings. The van der Waals surface area contributed by atoms with Gasteiger partial charge in [0.25, 0.3) is 0 Å². The summed E-state index contributed by atoms with van der Waals surface area (Å²) < 4.78 is 28.5. The minimum atomic E-state index is -1.51. The standard InChI is InChI=1S/C13H15F2N3OS/c1-9(20-2)13(19,6-18-8-16-7-17-18)11-4-3-10(14)5-12(11)15/h3-5,7-9,19H,6H2,1-2H3. The van der Waals surface area contributed by atoms with Gasteiger partial charge in [0.15, 0.2) is 0 Å². The van der Waals surface area contributed by atoms with E-state index in [0.29, 0.717) is 0 Å². The summed E-state index contributed by atoms with van der Waals surface area (Å²) in [6.07, 6.45) is 4.60. The van der Waals surface area contributed by atoms with Crippen LogP contribution in [0.5, 0.6) is 0 Å². The highest BCUT2D eigenvalue weighted by atomic mass is 32.2. The van der Waals surface area contributed by atoms with Gasteiger partial charge in [0.05, 0.1) is 6.54 Å². The van der Waals surface area contributed by atoms with Crippen LogP contribution in [0.4, 0.5) is 8.78 Å². The molecular weight excluding hydrogens is 284 g/mol. The van der Waals surface area contributed by atoms with Crippen molar-refractivity contribution in [3.8, 4) is 0 Å². The molecule has 0 bridgehead atoms. The zero-order valence-electron chi connectivity index (χ0n) is 11.1. The Balaban J connectivity index is 2.45. The third-order valence-corrected chi connectivity index (χ3v) is 4.39. The molecule has 0 saturated heterocycles. The molecule has 0 fully saturated rings. The summed E-state index contributed by atoms with van der Waals surface area (Å²) in [5.74, 6) is -1.44. The van der Waals surface area contributed by atoms with Crippen molar-refractivity contribution in [2.24, 2.45) is 0 Å². The van der Waals surface area contributed by atoms with Crippen molar-refractivity contribution in [3.63, 3.8) is 0 Å². The van der Waals surface area contributed by atoms with Crippen LogP contribution in [-0.4, -0.2) is 31.4 Å². The van der Waals surface area contributed by atoms with Gasteiger partial charge in [-0.2, -0.15) is 16.9 Å². The average Bonchev–Trinajstić information content (AvgIpc) is 2.90. The highest BCUT2D eigenvalue weighted by Crippen LogP contribution is 2.35. The van der Waals surface area contributed by atoms with Crippen LogP contribution in [0.1, 0.15) is 12.5 Å². The van der Waals surface area contributed by atoms with Gasteiger partial charge in [-0.05, 0) is 12.3 Å². The van der Waals surface area contributed by atoms with E-state index in [9.17, 15) is 13.9 Å². The molecule has 0 saturated carbocycles. The summed E-state index contributed by atoms with van der Waals surface area (Å²) >= 11 is 1.39. The van der Waals surface area contributed by atoms with Crippen LogP contribution in [0.25, 0.3) is 0 Å². The first-order valence-corrected chi connectivity index (χ1v) is 7.29. The molecule has 1 N–H and O–H groups in total. The third-order valence-electron chi connectivity index (χ3n) is 3.29. The highest BCUT2D eigenvalue weighted by Gasteiger charge is 2.38. The number of benzene rings is 1. The maximum Gasteiger partial charge on any atom is 0.137 e. The lowest BCUT2D eigenvalue weighted by Crippen LogP contribution is -2.41. The summed E-state index contributed by atoms with van der Waals surface area (Å²) in [6, 6.07) is 3.18. The van der Waals surface area contributed by atoms with E-state index >= 15 is 0 Å². The zero-order chi connectivity index (χ0) is 14.8. The number of aromatic nitrogens is 3. The van der Waals surface area contributed by atoms with Crippen molar-refractivity contribution >= 4 is 11.8 Å². The number of hydrogen-bond donors (Lipinski definition) is 1. The molecule has 2 unspecified atom stereocenters. The molecular formula is C13H15F2N3OS. The van der Waals surface area contributed by atoms with E-state index in [4.69, 9.17) is 0 Å². The highest BCUT2D eigenvalue weighted by molar-refractivity contribution is 7.99. The lowest BCUT2D eigenvalue weighted by molar-refractivity contribution is 0.0134. The van der Waals surface area contributed by atoms with Crippen LogP contribution >= 0.6 is 11.8 Å². The van der Waals surface area contributed by atoms with E-state index in [-0.39, 0.29) is 17.4 Å². The molecule has 1 heterocycles. The quantitative estimate of drug-likeness (QED) is 0.919. The molecule has 7 heteroatoms. The summed E-state index contributed by atoms with van der Waals surface area (Å²) in [5.41, 5.74) is -1.46.